The van der Waals surface area contributed by atoms with E-state index in [0.717, 1.165) is 0 Å². The highest BCUT2D eigenvalue weighted by Gasteiger charge is 2.13. The predicted molar refractivity (Wildman–Crippen MR) is 52.9 cm³/mol. The molecule has 0 aliphatic carbocycles. The van der Waals surface area contributed by atoms with Crippen LogP contribution in [0.25, 0.3) is 11.6 Å². The van der Waals surface area contributed by atoms with Gasteiger partial charge in [-0.05, 0) is 19.1 Å². The van der Waals surface area contributed by atoms with E-state index in [4.69, 9.17) is 9.78 Å². The standard InChI is InChI=1S/C10H8N4O2/c1-6(15)9-13-10(16-14-9)8-3-2-7(4-11)5-12-8/h2-3,5-6,15H,1H3. The zero-order valence-electron chi connectivity index (χ0n) is 8.45. The Morgan fingerprint density at radius 1 is 1.50 bits per heavy atom. The first-order chi connectivity index (χ1) is 7.70. The van der Waals surface area contributed by atoms with Gasteiger partial charge in [-0.2, -0.15) is 10.2 Å². The molecule has 6 heteroatoms. The van der Waals surface area contributed by atoms with Gasteiger partial charge >= 0.3 is 0 Å². The topological polar surface area (TPSA) is 95.8 Å². The summed E-state index contributed by atoms with van der Waals surface area (Å²) in [6.45, 7) is 1.54. The van der Waals surface area contributed by atoms with Crippen LogP contribution in [-0.2, 0) is 0 Å². The quantitative estimate of drug-likeness (QED) is 0.806. The van der Waals surface area contributed by atoms with Crippen LogP contribution in [0.3, 0.4) is 0 Å². The highest BCUT2D eigenvalue weighted by molar-refractivity contribution is 5.47. The van der Waals surface area contributed by atoms with Gasteiger partial charge in [-0.3, -0.25) is 0 Å². The van der Waals surface area contributed by atoms with Gasteiger partial charge in [-0.15, -0.1) is 0 Å². The molecule has 1 N–H and O–H groups in total. The summed E-state index contributed by atoms with van der Waals surface area (Å²) < 4.78 is 4.92. The van der Waals surface area contributed by atoms with Crippen molar-refractivity contribution in [2.24, 2.45) is 0 Å². The lowest BCUT2D eigenvalue weighted by atomic mass is 10.2. The lowest BCUT2D eigenvalue weighted by Gasteiger charge is -1.93. The van der Waals surface area contributed by atoms with Crippen molar-refractivity contribution in [2.75, 3.05) is 0 Å². The maximum atomic E-state index is 9.22. The minimum absolute atomic E-state index is 0.209. The first kappa shape index (κ1) is 10.3. The van der Waals surface area contributed by atoms with Crippen molar-refractivity contribution in [2.45, 2.75) is 13.0 Å². The van der Waals surface area contributed by atoms with Crippen LogP contribution >= 0.6 is 0 Å². The number of rotatable bonds is 2. The molecule has 0 spiro atoms. The summed E-state index contributed by atoms with van der Waals surface area (Å²) in [6.07, 6.45) is 0.637. The van der Waals surface area contributed by atoms with Crippen LogP contribution in [-0.4, -0.2) is 20.2 Å². The second kappa shape index (κ2) is 4.08. The Hall–Kier alpha value is -2.26. The maximum Gasteiger partial charge on any atom is 0.276 e. The van der Waals surface area contributed by atoms with Gasteiger partial charge in [-0.1, -0.05) is 5.16 Å². The molecule has 0 aliphatic heterocycles. The molecule has 2 heterocycles. The first-order valence-electron chi connectivity index (χ1n) is 4.59. The highest BCUT2D eigenvalue weighted by Crippen LogP contribution is 2.16. The van der Waals surface area contributed by atoms with E-state index < -0.39 is 6.10 Å². The van der Waals surface area contributed by atoms with Crippen molar-refractivity contribution in [1.29, 1.82) is 5.26 Å². The largest absolute Gasteiger partial charge is 0.385 e. The van der Waals surface area contributed by atoms with E-state index in [1.54, 1.807) is 19.1 Å². The number of pyridine rings is 1. The molecule has 16 heavy (non-hydrogen) atoms. The van der Waals surface area contributed by atoms with Crippen molar-refractivity contribution < 1.29 is 9.63 Å². The van der Waals surface area contributed by atoms with E-state index >= 15 is 0 Å². The van der Waals surface area contributed by atoms with E-state index in [1.807, 2.05) is 6.07 Å². The summed E-state index contributed by atoms with van der Waals surface area (Å²) >= 11 is 0. The summed E-state index contributed by atoms with van der Waals surface area (Å²) in [7, 11) is 0. The number of aliphatic hydroxyl groups excluding tert-OH is 1. The third-order valence-electron chi connectivity index (χ3n) is 1.93. The molecule has 0 radical (unpaired) electrons. The highest BCUT2D eigenvalue weighted by atomic mass is 16.5. The van der Waals surface area contributed by atoms with Crippen molar-refractivity contribution >= 4 is 0 Å². The molecule has 2 aromatic rings. The number of aliphatic hydroxyl groups is 1. The Balaban J connectivity index is 2.32. The van der Waals surface area contributed by atoms with E-state index in [9.17, 15) is 5.11 Å². The van der Waals surface area contributed by atoms with Crippen LogP contribution in [0.15, 0.2) is 22.9 Å². The van der Waals surface area contributed by atoms with Crippen LogP contribution in [0.2, 0.25) is 0 Å². The monoisotopic (exact) mass is 216 g/mol. The molecule has 1 atom stereocenters. The number of nitriles is 1. The molecular weight excluding hydrogens is 208 g/mol. The van der Waals surface area contributed by atoms with Gasteiger partial charge < -0.3 is 9.63 Å². The molecule has 0 bridgehead atoms. The Bertz CT molecular complexity index is 524. The van der Waals surface area contributed by atoms with E-state index in [2.05, 4.69) is 15.1 Å². The van der Waals surface area contributed by atoms with Crippen LogP contribution in [0, 0.1) is 11.3 Å². The maximum absolute atomic E-state index is 9.22. The van der Waals surface area contributed by atoms with Gasteiger partial charge in [0, 0.05) is 6.20 Å². The number of nitrogens with zero attached hydrogens (tertiary/aromatic N) is 4. The molecule has 1 unspecified atom stereocenters. The Labute approximate surface area is 91.2 Å². The second-order valence-corrected chi connectivity index (χ2v) is 3.18. The third-order valence-corrected chi connectivity index (χ3v) is 1.93. The summed E-state index contributed by atoms with van der Waals surface area (Å²) in [5.74, 6) is 0.432. The molecule has 0 aliphatic rings. The van der Waals surface area contributed by atoms with E-state index in [1.165, 1.54) is 6.20 Å². The zero-order chi connectivity index (χ0) is 11.5. The number of aromatic nitrogens is 3. The second-order valence-electron chi connectivity index (χ2n) is 3.18. The fourth-order valence-electron chi connectivity index (χ4n) is 1.10. The molecule has 0 amide bonds. The normalized spacial score (nSPS) is 12.1. The first-order valence-corrected chi connectivity index (χ1v) is 4.59. The lowest BCUT2D eigenvalue weighted by Crippen LogP contribution is -1.93. The van der Waals surface area contributed by atoms with Crippen molar-refractivity contribution in [1.82, 2.24) is 15.1 Å². The summed E-state index contributed by atoms with van der Waals surface area (Å²) in [5, 5.41) is 21.4. The number of hydrogen-bond acceptors (Lipinski definition) is 6. The van der Waals surface area contributed by atoms with Crippen LogP contribution in [0.4, 0.5) is 0 Å². The molecule has 0 aromatic carbocycles. The molecule has 0 fully saturated rings. The zero-order valence-corrected chi connectivity index (χ0v) is 8.45. The average molecular weight is 216 g/mol. The van der Waals surface area contributed by atoms with Crippen LogP contribution in [0.1, 0.15) is 24.4 Å². The summed E-state index contributed by atoms with van der Waals surface area (Å²) in [4.78, 5) is 7.95. The lowest BCUT2D eigenvalue weighted by molar-refractivity contribution is 0.184. The van der Waals surface area contributed by atoms with Crippen molar-refractivity contribution in [3.05, 3.63) is 29.7 Å². The van der Waals surface area contributed by atoms with Crippen LogP contribution in [0.5, 0.6) is 0 Å². The minimum Gasteiger partial charge on any atom is -0.385 e. The summed E-state index contributed by atoms with van der Waals surface area (Å²) in [5.41, 5.74) is 0.928. The van der Waals surface area contributed by atoms with Gasteiger partial charge in [0.2, 0.25) is 0 Å². The Morgan fingerprint density at radius 2 is 2.31 bits per heavy atom. The molecule has 0 saturated heterocycles. The van der Waals surface area contributed by atoms with E-state index in [0.29, 0.717) is 11.3 Å². The molecular formula is C10H8N4O2. The summed E-state index contributed by atoms with van der Waals surface area (Å²) in [6, 6.07) is 5.17. The van der Waals surface area contributed by atoms with Gasteiger partial charge in [-0.25, -0.2) is 4.98 Å². The predicted octanol–water partition coefficient (Wildman–Crippen LogP) is 1.06. The van der Waals surface area contributed by atoms with Crippen molar-refractivity contribution in [3.8, 4) is 17.7 Å². The molecule has 6 nitrogen and oxygen atoms in total. The molecule has 0 saturated carbocycles. The molecule has 2 rings (SSSR count). The van der Waals surface area contributed by atoms with Crippen LogP contribution < -0.4 is 0 Å². The fourth-order valence-corrected chi connectivity index (χ4v) is 1.10. The third kappa shape index (κ3) is 1.89. The SMILES string of the molecule is CC(O)c1noc(-c2ccc(C#N)cn2)n1. The van der Waals surface area contributed by atoms with Gasteiger partial charge in [0.15, 0.2) is 5.82 Å². The molecule has 80 valence electrons. The van der Waals surface area contributed by atoms with Gasteiger partial charge in [0.1, 0.15) is 17.9 Å². The van der Waals surface area contributed by atoms with Gasteiger partial charge in [0.25, 0.3) is 5.89 Å². The average Bonchev–Trinajstić information content (AvgIpc) is 2.78. The number of hydrogen-bond donors (Lipinski definition) is 1. The minimum atomic E-state index is -0.782. The van der Waals surface area contributed by atoms with Gasteiger partial charge in [0.05, 0.1) is 5.56 Å². The van der Waals surface area contributed by atoms with E-state index in [-0.39, 0.29) is 11.7 Å². The molecule has 2 aromatic heterocycles. The Morgan fingerprint density at radius 3 is 2.81 bits per heavy atom. The fraction of sp³-hybridized carbons (Fsp3) is 0.200. The van der Waals surface area contributed by atoms with Crippen molar-refractivity contribution in [3.63, 3.8) is 0 Å². The smallest absolute Gasteiger partial charge is 0.276 e. The Kier molecular flexibility index (Phi) is 2.62.